The second kappa shape index (κ2) is 8.35. The zero-order chi connectivity index (χ0) is 14.2. The van der Waals surface area contributed by atoms with Crippen LogP contribution in [0.2, 0.25) is 5.02 Å². The maximum absolute atomic E-state index is 6.05. The molecule has 0 saturated heterocycles. The minimum atomic E-state index is 0.462. The van der Waals surface area contributed by atoms with Gasteiger partial charge in [-0.1, -0.05) is 48.9 Å². The average molecular weight is 306 g/mol. The first-order chi connectivity index (χ1) is 9.78. The number of thioether (sulfide) groups is 1. The molecule has 1 unspecified atom stereocenters. The average Bonchev–Trinajstić information content (AvgIpc) is 2.46. The van der Waals surface area contributed by atoms with Gasteiger partial charge in [0, 0.05) is 21.7 Å². The summed E-state index contributed by atoms with van der Waals surface area (Å²) in [6.07, 6.45) is 1.01. The van der Waals surface area contributed by atoms with Crippen molar-refractivity contribution in [2.75, 3.05) is 12.3 Å². The van der Waals surface area contributed by atoms with Crippen molar-refractivity contribution in [3.63, 3.8) is 0 Å². The number of hydrogen-bond acceptors (Lipinski definition) is 2. The van der Waals surface area contributed by atoms with Crippen LogP contribution in [-0.4, -0.2) is 18.3 Å². The van der Waals surface area contributed by atoms with Crippen molar-refractivity contribution in [1.29, 1.82) is 0 Å². The van der Waals surface area contributed by atoms with Crippen molar-refractivity contribution < 1.29 is 0 Å². The van der Waals surface area contributed by atoms with Crippen molar-refractivity contribution in [2.45, 2.75) is 24.3 Å². The summed E-state index contributed by atoms with van der Waals surface area (Å²) in [5.74, 6) is 1.06. The van der Waals surface area contributed by atoms with Crippen LogP contribution in [0, 0.1) is 0 Å². The molecule has 1 atom stereocenters. The molecule has 0 saturated carbocycles. The zero-order valence-corrected chi connectivity index (χ0v) is 13.3. The third kappa shape index (κ3) is 5.20. The van der Waals surface area contributed by atoms with E-state index in [4.69, 9.17) is 11.6 Å². The standard InChI is InChI=1S/C17H20ClNS/c1-2-19-16(12-14-7-6-8-15(18)11-14)13-20-17-9-4-3-5-10-17/h3-11,16,19H,2,12-13H2,1H3. The Morgan fingerprint density at radius 1 is 1.10 bits per heavy atom. The number of benzene rings is 2. The molecule has 0 spiro atoms. The lowest BCUT2D eigenvalue weighted by molar-refractivity contribution is 0.572. The molecule has 0 bridgehead atoms. The summed E-state index contributed by atoms with van der Waals surface area (Å²) in [5, 5.41) is 4.37. The van der Waals surface area contributed by atoms with Crippen LogP contribution in [0.5, 0.6) is 0 Å². The number of likely N-dealkylation sites (N-methyl/N-ethyl adjacent to an activating group) is 1. The van der Waals surface area contributed by atoms with Gasteiger partial charge in [0.2, 0.25) is 0 Å². The Morgan fingerprint density at radius 2 is 1.90 bits per heavy atom. The molecule has 0 fully saturated rings. The first-order valence-electron chi connectivity index (χ1n) is 6.93. The van der Waals surface area contributed by atoms with Crippen molar-refractivity contribution in [3.8, 4) is 0 Å². The number of rotatable bonds is 7. The monoisotopic (exact) mass is 305 g/mol. The third-order valence-electron chi connectivity index (χ3n) is 3.06. The van der Waals surface area contributed by atoms with E-state index >= 15 is 0 Å². The van der Waals surface area contributed by atoms with Crippen molar-refractivity contribution >= 4 is 23.4 Å². The van der Waals surface area contributed by atoms with Gasteiger partial charge >= 0.3 is 0 Å². The molecule has 1 N–H and O–H groups in total. The summed E-state index contributed by atoms with van der Waals surface area (Å²) in [4.78, 5) is 1.32. The van der Waals surface area contributed by atoms with Gasteiger partial charge in [-0.15, -0.1) is 11.8 Å². The van der Waals surface area contributed by atoms with Crippen LogP contribution in [-0.2, 0) is 6.42 Å². The topological polar surface area (TPSA) is 12.0 Å². The first-order valence-corrected chi connectivity index (χ1v) is 8.30. The fourth-order valence-electron chi connectivity index (χ4n) is 2.14. The number of halogens is 1. The molecule has 0 aromatic heterocycles. The molecule has 0 radical (unpaired) electrons. The summed E-state index contributed by atoms with van der Waals surface area (Å²) in [7, 11) is 0. The number of hydrogen-bond donors (Lipinski definition) is 1. The smallest absolute Gasteiger partial charge is 0.0408 e. The SMILES string of the molecule is CCNC(CSc1ccccc1)Cc1cccc(Cl)c1. The molecule has 0 aliphatic rings. The maximum atomic E-state index is 6.05. The lowest BCUT2D eigenvalue weighted by Crippen LogP contribution is -2.33. The molecule has 20 heavy (non-hydrogen) atoms. The predicted octanol–water partition coefficient (Wildman–Crippen LogP) is 4.65. The molecule has 0 aliphatic carbocycles. The van der Waals surface area contributed by atoms with Crippen molar-refractivity contribution in [3.05, 3.63) is 65.2 Å². The van der Waals surface area contributed by atoms with Gasteiger partial charge in [-0.05, 0) is 42.8 Å². The fraction of sp³-hybridized carbons (Fsp3) is 0.294. The van der Waals surface area contributed by atoms with E-state index in [2.05, 4.69) is 54.7 Å². The van der Waals surface area contributed by atoms with Gasteiger partial charge in [0.05, 0.1) is 0 Å². The molecule has 106 valence electrons. The fourth-order valence-corrected chi connectivity index (χ4v) is 3.33. The van der Waals surface area contributed by atoms with E-state index in [0.717, 1.165) is 23.7 Å². The van der Waals surface area contributed by atoms with Crippen molar-refractivity contribution in [2.24, 2.45) is 0 Å². The Labute approximate surface area is 130 Å². The minimum absolute atomic E-state index is 0.462. The second-order valence-corrected chi connectivity index (χ2v) is 6.24. The van der Waals surface area contributed by atoms with Gasteiger partial charge in [0.15, 0.2) is 0 Å². The van der Waals surface area contributed by atoms with Crippen LogP contribution in [0.4, 0.5) is 0 Å². The molecule has 2 aromatic carbocycles. The Bertz CT molecular complexity index is 515. The molecule has 2 aromatic rings. The summed E-state index contributed by atoms with van der Waals surface area (Å²) < 4.78 is 0. The van der Waals surface area contributed by atoms with Gasteiger partial charge in [-0.2, -0.15) is 0 Å². The van der Waals surface area contributed by atoms with Crippen LogP contribution in [0.15, 0.2) is 59.5 Å². The summed E-state index contributed by atoms with van der Waals surface area (Å²) in [6.45, 7) is 3.14. The zero-order valence-electron chi connectivity index (χ0n) is 11.7. The van der Waals surface area contributed by atoms with E-state index in [1.807, 2.05) is 23.9 Å². The molecule has 0 aliphatic heterocycles. The predicted molar refractivity (Wildman–Crippen MR) is 89.8 cm³/mol. The molecule has 1 nitrogen and oxygen atoms in total. The van der Waals surface area contributed by atoms with Crippen LogP contribution in [0.3, 0.4) is 0 Å². The van der Waals surface area contributed by atoms with Gasteiger partial charge < -0.3 is 5.32 Å². The molecule has 0 heterocycles. The first kappa shape index (κ1) is 15.4. The van der Waals surface area contributed by atoms with Gasteiger partial charge in [-0.25, -0.2) is 0 Å². The Kier molecular flexibility index (Phi) is 6.44. The summed E-state index contributed by atoms with van der Waals surface area (Å²) in [5.41, 5.74) is 1.29. The lowest BCUT2D eigenvalue weighted by Gasteiger charge is -2.17. The number of nitrogens with one attached hydrogen (secondary N) is 1. The minimum Gasteiger partial charge on any atom is -0.313 e. The maximum Gasteiger partial charge on any atom is 0.0408 e. The third-order valence-corrected chi connectivity index (χ3v) is 4.47. The Hall–Kier alpha value is -0.960. The summed E-state index contributed by atoms with van der Waals surface area (Å²) in [6, 6.07) is 19.1. The van der Waals surface area contributed by atoms with E-state index in [1.165, 1.54) is 10.5 Å². The molecular weight excluding hydrogens is 286 g/mol. The Morgan fingerprint density at radius 3 is 2.60 bits per heavy atom. The van der Waals surface area contributed by atoms with E-state index in [1.54, 1.807) is 0 Å². The van der Waals surface area contributed by atoms with E-state index in [0.29, 0.717) is 6.04 Å². The van der Waals surface area contributed by atoms with Crippen LogP contribution in [0.25, 0.3) is 0 Å². The highest BCUT2D eigenvalue weighted by Crippen LogP contribution is 2.20. The molecule has 0 amide bonds. The summed E-state index contributed by atoms with van der Waals surface area (Å²) >= 11 is 7.95. The highest BCUT2D eigenvalue weighted by Gasteiger charge is 2.09. The molecule has 3 heteroatoms. The van der Waals surface area contributed by atoms with E-state index in [9.17, 15) is 0 Å². The normalized spacial score (nSPS) is 12.3. The van der Waals surface area contributed by atoms with E-state index < -0.39 is 0 Å². The second-order valence-electron chi connectivity index (χ2n) is 4.71. The van der Waals surface area contributed by atoms with Gasteiger partial charge in [-0.3, -0.25) is 0 Å². The largest absolute Gasteiger partial charge is 0.313 e. The molecule has 2 rings (SSSR count). The lowest BCUT2D eigenvalue weighted by atomic mass is 10.1. The van der Waals surface area contributed by atoms with Crippen LogP contribution in [0.1, 0.15) is 12.5 Å². The highest BCUT2D eigenvalue weighted by molar-refractivity contribution is 7.99. The van der Waals surface area contributed by atoms with Gasteiger partial charge in [0.1, 0.15) is 0 Å². The molecular formula is C17H20ClNS. The van der Waals surface area contributed by atoms with E-state index in [-0.39, 0.29) is 0 Å². The van der Waals surface area contributed by atoms with Crippen LogP contribution >= 0.6 is 23.4 Å². The highest BCUT2D eigenvalue weighted by atomic mass is 35.5. The quantitative estimate of drug-likeness (QED) is 0.747. The van der Waals surface area contributed by atoms with Gasteiger partial charge in [0.25, 0.3) is 0 Å². The van der Waals surface area contributed by atoms with Crippen molar-refractivity contribution in [1.82, 2.24) is 5.32 Å². The Balaban J connectivity index is 1.93. The van der Waals surface area contributed by atoms with Crippen LogP contribution < -0.4 is 5.32 Å².